The fourth-order valence-electron chi connectivity index (χ4n) is 5.06. The number of H-pyrrole nitrogens is 1. The first kappa shape index (κ1) is 24.6. The second-order valence-corrected chi connectivity index (χ2v) is 8.94. The number of aromatic amines is 1. The molecule has 0 aromatic carbocycles. The fraction of sp³-hybridized carbons (Fsp3) is 0.619. The molecule has 7 nitrogen and oxygen atoms in total. The van der Waals surface area contributed by atoms with Gasteiger partial charge in [0.1, 0.15) is 6.10 Å². The number of pyridine rings is 1. The molecule has 0 radical (unpaired) electrons. The molecule has 0 saturated carbocycles. The standard InChI is InChI=1S/C21H25F6N5O2/c1-10-14-16(29-30-18(14)31(2)19(34)17(33)15(10)21(25,26)27)11-3-5-32(6-4-11)13-7-12(8-28-9-13)20(22,23)24/h7-11,15,17,19,33-34H,3-6H2,1-2H3,(H,29,30)/t10-,15+,17+,19?/m0/s1. The lowest BCUT2D eigenvalue weighted by Gasteiger charge is -2.34. The molecule has 2 aliphatic heterocycles. The van der Waals surface area contributed by atoms with Crippen molar-refractivity contribution in [1.29, 1.82) is 0 Å². The maximum absolute atomic E-state index is 13.8. The van der Waals surface area contributed by atoms with Crippen molar-refractivity contribution >= 4 is 11.5 Å². The van der Waals surface area contributed by atoms with E-state index < -0.39 is 42.1 Å². The van der Waals surface area contributed by atoms with Crippen molar-refractivity contribution in [2.45, 2.75) is 56.3 Å². The van der Waals surface area contributed by atoms with Crippen LogP contribution < -0.4 is 9.80 Å². The van der Waals surface area contributed by atoms with Crippen LogP contribution in [0.15, 0.2) is 18.5 Å². The number of aliphatic hydroxyl groups excluding tert-OH is 2. The van der Waals surface area contributed by atoms with E-state index in [-0.39, 0.29) is 11.7 Å². The Labute approximate surface area is 191 Å². The first-order chi connectivity index (χ1) is 15.8. The molecule has 13 heteroatoms. The Kier molecular flexibility index (Phi) is 6.21. The highest BCUT2D eigenvalue weighted by Gasteiger charge is 2.54. The van der Waals surface area contributed by atoms with Gasteiger partial charge in [-0.3, -0.25) is 10.1 Å². The van der Waals surface area contributed by atoms with E-state index in [1.165, 1.54) is 20.2 Å². The Morgan fingerprint density at radius 3 is 2.29 bits per heavy atom. The quantitative estimate of drug-likeness (QED) is 0.554. The molecule has 1 fully saturated rings. The highest BCUT2D eigenvalue weighted by atomic mass is 19.4. The topological polar surface area (TPSA) is 88.5 Å². The van der Waals surface area contributed by atoms with Gasteiger partial charge in [0.25, 0.3) is 0 Å². The third kappa shape index (κ3) is 4.30. The van der Waals surface area contributed by atoms with Crippen molar-refractivity contribution in [3.8, 4) is 0 Å². The zero-order valence-corrected chi connectivity index (χ0v) is 18.4. The zero-order chi connectivity index (χ0) is 25.0. The van der Waals surface area contributed by atoms with Gasteiger partial charge in [-0.15, -0.1) is 0 Å². The predicted molar refractivity (Wildman–Crippen MR) is 110 cm³/mol. The molecule has 1 saturated heterocycles. The fourth-order valence-corrected chi connectivity index (χ4v) is 5.06. The molecule has 4 atom stereocenters. The molecular weight excluding hydrogens is 468 g/mol. The molecule has 2 aromatic heterocycles. The largest absolute Gasteiger partial charge is 0.417 e. The summed E-state index contributed by atoms with van der Waals surface area (Å²) in [6.45, 7) is 2.10. The molecule has 3 N–H and O–H groups in total. The molecule has 2 aromatic rings. The SMILES string of the molecule is C[C@H]1c2c(n[nH]c2C2CCN(c3cncc(C(F)(F)F)c3)CC2)N(C)C(O)[C@H](O)[C@@H]1C(F)(F)F. The van der Waals surface area contributed by atoms with E-state index in [9.17, 15) is 36.6 Å². The monoisotopic (exact) mass is 493 g/mol. The highest BCUT2D eigenvalue weighted by Crippen LogP contribution is 2.48. The summed E-state index contributed by atoms with van der Waals surface area (Å²) in [7, 11) is 1.37. The first-order valence-corrected chi connectivity index (χ1v) is 10.8. The third-order valence-corrected chi connectivity index (χ3v) is 6.91. The maximum Gasteiger partial charge on any atom is 0.417 e. The van der Waals surface area contributed by atoms with Crippen molar-refractivity contribution in [3.63, 3.8) is 0 Å². The van der Waals surface area contributed by atoms with Gasteiger partial charge in [-0.25, -0.2) is 0 Å². The lowest BCUT2D eigenvalue weighted by Crippen LogP contribution is -2.48. The second-order valence-electron chi connectivity index (χ2n) is 8.94. The van der Waals surface area contributed by atoms with Gasteiger partial charge >= 0.3 is 12.4 Å². The summed E-state index contributed by atoms with van der Waals surface area (Å²) in [5.74, 6) is -3.45. The summed E-state index contributed by atoms with van der Waals surface area (Å²) in [5.41, 5.74) is 0.262. The molecule has 0 spiro atoms. The molecule has 188 valence electrons. The van der Waals surface area contributed by atoms with Gasteiger partial charge in [0, 0.05) is 49.4 Å². The van der Waals surface area contributed by atoms with Gasteiger partial charge in [0.05, 0.1) is 23.4 Å². The smallest absolute Gasteiger partial charge is 0.388 e. The van der Waals surface area contributed by atoms with Crippen molar-refractivity contribution < 1.29 is 36.6 Å². The van der Waals surface area contributed by atoms with Crippen molar-refractivity contribution in [3.05, 3.63) is 35.3 Å². The van der Waals surface area contributed by atoms with Crippen molar-refractivity contribution in [2.24, 2.45) is 5.92 Å². The van der Waals surface area contributed by atoms with Crippen LogP contribution in [0.3, 0.4) is 0 Å². The van der Waals surface area contributed by atoms with Gasteiger partial charge in [0.2, 0.25) is 0 Å². The van der Waals surface area contributed by atoms with E-state index in [2.05, 4.69) is 15.2 Å². The van der Waals surface area contributed by atoms with Crippen LogP contribution >= 0.6 is 0 Å². The minimum absolute atomic E-state index is 0.144. The highest BCUT2D eigenvalue weighted by molar-refractivity contribution is 5.54. The van der Waals surface area contributed by atoms with E-state index in [0.29, 0.717) is 42.9 Å². The van der Waals surface area contributed by atoms with E-state index >= 15 is 0 Å². The lowest BCUT2D eigenvalue weighted by molar-refractivity contribution is -0.216. The number of nitrogens with one attached hydrogen (secondary N) is 1. The third-order valence-electron chi connectivity index (χ3n) is 6.91. The van der Waals surface area contributed by atoms with Crippen molar-refractivity contribution in [2.75, 3.05) is 29.9 Å². The number of hydrogen-bond acceptors (Lipinski definition) is 6. The van der Waals surface area contributed by atoms with E-state index in [0.717, 1.165) is 17.2 Å². The number of nitrogens with zero attached hydrogens (tertiary/aromatic N) is 4. The number of alkyl halides is 6. The van der Waals surface area contributed by atoms with E-state index in [1.807, 2.05) is 0 Å². The summed E-state index contributed by atoms with van der Waals surface area (Å²) in [6, 6.07) is 1.03. The van der Waals surface area contributed by atoms with Crippen LogP contribution in [-0.2, 0) is 6.18 Å². The summed E-state index contributed by atoms with van der Waals surface area (Å²) in [4.78, 5) is 6.58. The average Bonchev–Trinajstić information content (AvgIpc) is 3.19. The molecular formula is C21H25F6N5O2. The normalized spacial score (nSPS) is 27.0. The Morgan fingerprint density at radius 2 is 1.71 bits per heavy atom. The Hall–Kier alpha value is -2.54. The molecule has 1 unspecified atom stereocenters. The van der Waals surface area contributed by atoms with Crippen LogP contribution in [0.5, 0.6) is 0 Å². The van der Waals surface area contributed by atoms with Crippen LogP contribution in [0.1, 0.15) is 48.4 Å². The predicted octanol–water partition coefficient (Wildman–Crippen LogP) is 3.62. The molecule has 4 rings (SSSR count). The molecule has 0 bridgehead atoms. The number of aromatic nitrogens is 3. The van der Waals surface area contributed by atoms with Crippen LogP contribution in [0.2, 0.25) is 0 Å². The number of hydrogen-bond donors (Lipinski definition) is 3. The molecule has 0 aliphatic carbocycles. The lowest BCUT2D eigenvalue weighted by atomic mass is 9.80. The molecule has 34 heavy (non-hydrogen) atoms. The van der Waals surface area contributed by atoms with Gasteiger partial charge in [0.15, 0.2) is 12.0 Å². The number of piperidine rings is 1. The Balaban J connectivity index is 1.59. The van der Waals surface area contributed by atoms with Crippen LogP contribution in [0.4, 0.5) is 37.8 Å². The minimum Gasteiger partial charge on any atom is -0.388 e. The summed E-state index contributed by atoms with van der Waals surface area (Å²) in [5, 5.41) is 27.6. The molecule has 2 aliphatic rings. The van der Waals surface area contributed by atoms with Gasteiger partial charge in [-0.1, -0.05) is 6.92 Å². The number of rotatable bonds is 2. The van der Waals surface area contributed by atoms with Gasteiger partial charge in [-0.05, 0) is 18.9 Å². The maximum atomic E-state index is 13.8. The first-order valence-electron chi connectivity index (χ1n) is 10.8. The number of likely N-dealkylation sites (N-methyl/N-ethyl adjacent to an activating group) is 1. The van der Waals surface area contributed by atoms with Gasteiger partial charge in [-0.2, -0.15) is 31.4 Å². The number of anilines is 2. The van der Waals surface area contributed by atoms with Gasteiger partial charge < -0.3 is 20.0 Å². The second kappa shape index (κ2) is 8.59. The van der Waals surface area contributed by atoms with E-state index in [1.54, 1.807) is 4.90 Å². The number of fused-ring (bicyclic) bond motifs is 1. The van der Waals surface area contributed by atoms with Crippen molar-refractivity contribution in [1.82, 2.24) is 15.2 Å². The van der Waals surface area contributed by atoms with Crippen LogP contribution in [-0.4, -0.2) is 64.0 Å². The average molecular weight is 493 g/mol. The molecule has 4 heterocycles. The Bertz CT molecular complexity index is 1020. The Morgan fingerprint density at radius 1 is 1.06 bits per heavy atom. The summed E-state index contributed by atoms with van der Waals surface area (Å²) in [6.07, 6.45) is -10.1. The van der Waals surface area contributed by atoms with Crippen LogP contribution in [0, 0.1) is 5.92 Å². The number of aliphatic hydroxyl groups is 2. The molecule has 0 amide bonds. The minimum atomic E-state index is -4.75. The number of halogens is 6. The zero-order valence-electron chi connectivity index (χ0n) is 18.4. The van der Waals surface area contributed by atoms with Crippen LogP contribution in [0.25, 0.3) is 0 Å². The van der Waals surface area contributed by atoms with E-state index in [4.69, 9.17) is 0 Å². The summed E-state index contributed by atoms with van der Waals surface area (Å²) >= 11 is 0. The summed E-state index contributed by atoms with van der Waals surface area (Å²) < 4.78 is 80.6.